The SMILES string of the molecule is O=C(NC1CC[C@@H]2CN(Cc3ccccc3)C[C@@H]2C1)c1cccnn1. The van der Waals surface area contributed by atoms with Crippen LogP contribution in [0.3, 0.4) is 0 Å². The van der Waals surface area contributed by atoms with Gasteiger partial charge in [0.2, 0.25) is 0 Å². The van der Waals surface area contributed by atoms with Gasteiger partial charge in [-0.2, -0.15) is 5.10 Å². The van der Waals surface area contributed by atoms with Gasteiger partial charge in [-0.1, -0.05) is 30.3 Å². The number of aromatic nitrogens is 2. The fraction of sp³-hybridized carbons (Fsp3) is 0.450. The molecule has 0 bridgehead atoms. The maximum Gasteiger partial charge on any atom is 0.272 e. The standard InChI is InChI=1S/C20H24N4O/c25-20(19-7-4-10-21-23-19)22-18-9-8-16-13-24(14-17(16)11-18)12-15-5-2-1-3-6-15/h1-7,10,16-18H,8-9,11-14H2,(H,22,25)/t16-,17+,18?/m1/s1. The third-order valence-electron chi connectivity index (χ3n) is 5.51. The van der Waals surface area contributed by atoms with E-state index in [1.54, 1.807) is 18.3 Å². The summed E-state index contributed by atoms with van der Waals surface area (Å²) in [6.07, 6.45) is 4.91. The van der Waals surface area contributed by atoms with Crippen molar-refractivity contribution in [1.82, 2.24) is 20.4 Å². The van der Waals surface area contributed by atoms with E-state index in [0.29, 0.717) is 11.6 Å². The number of hydrogen-bond donors (Lipinski definition) is 1. The Labute approximate surface area is 148 Å². The van der Waals surface area contributed by atoms with Crippen molar-refractivity contribution in [2.45, 2.75) is 31.8 Å². The van der Waals surface area contributed by atoms with E-state index in [9.17, 15) is 4.79 Å². The molecule has 2 aromatic rings. The van der Waals surface area contributed by atoms with Crippen molar-refractivity contribution in [2.24, 2.45) is 11.8 Å². The van der Waals surface area contributed by atoms with Crippen LogP contribution in [0, 0.1) is 11.8 Å². The number of nitrogens with zero attached hydrogens (tertiary/aromatic N) is 3. The Balaban J connectivity index is 1.32. The Morgan fingerprint density at radius 1 is 1.08 bits per heavy atom. The maximum absolute atomic E-state index is 12.3. The van der Waals surface area contributed by atoms with Gasteiger partial charge in [0, 0.05) is 31.9 Å². The molecule has 2 aliphatic rings. The Morgan fingerprint density at radius 2 is 1.92 bits per heavy atom. The number of benzene rings is 1. The van der Waals surface area contributed by atoms with Crippen LogP contribution < -0.4 is 5.32 Å². The van der Waals surface area contributed by atoms with Crippen molar-refractivity contribution in [3.63, 3.8) is 0 Å². The monoisotopic (exact) mass is 336 g/mol. The summed E-state index contributed by atoms with van der Waals surface area (Å²) in [4.78, 5) is 14.9. The Hall–Kier alpha value is -2.27. The highest BCUT2D eigenvalue weighted by Gasteiger charge is 2.38. The van der Waals surface area contributed by atoms with E-state index in [-0.39, 0.29) is 11.9 Å². The summed E-state index contributed by atoms with van der Waals surface area (Å²) in [5.41, 5.74) is 1.79. The second kappa shape index (κ2) is 7.31. The minimum absolute atomic E-state index is 0.101. The number of likely N-dealkylation sites (tertiary alicyclic amines) is 1. The molecule has 0 spiro atoms. The lowest BCUT2D eigenvalue weighted by molar-refractivity contribution is 0.0907. The van der Waals surface area contributed by atoms with Crippen LogP contribution in [0.15, 0.2) is 48.7 Å². The summed E-state index contributed by atoms with van der Waals surface area (Å²) in [6.45, 7) is 3.35. The quantitative estimate of drug-likeness (QED) is 0.932. The van der Waals surface area contributed by atoms with E-state index in [1.165, 1.54) is 18.5 Å². The van der Waals surface area contributed by atoms with Gasteiger partial charge in [0.15, 0.2) is 5.69 Å². The molecule has 4 rings (SSSR count). The van der Waals surface area contributed by atoms with E-state index >= 15 is 0 Å². The highest BCUT2D eigenvalue weighted by Crippen LogP contribution is 2.36. The Morgan fingerprint density at radius 3 is 2.72 bits per heavy atom. The first-order valence-corrected chi connectivity index (χ1v) is 9.13. The summed E-state index contributed by atoms with van der Waals surface area (Å²) in [5, 5.41) is 10.8. The van der Waals surface area contributed by atoms with Gasteiger partial charge in [-0.25, -0.2) is 0 Å². The van der Waals surface area contributed by atoms with Crippen LogP contribution in [0.2, 0.25) is 0 Å². The summed E-state index contributed by atoms with van der Waals surface area (Å²) >= 11 is 0. The van der Waals surface area contributed by atoms with Crippen molar-refractivity contribution in [1.29, 1.82) is 0 Å². The number of carbonyl (C=O) groups excluding carboxylic acids is 1. The first-order chi connectivity index (χ1) is 12.3. The summed E-state index contributed by atoms with van der Waals surface area (Å²) < 4.78 is 0. The molecule has 1 aromatic carbocycles. The molecule has 1 saturated heterocycles. The lowest BCUT2D eigenvalue weighted by atomic mass is 9.79. The molecular formula is C20H24N4O. The van der Waals surface area contributed by atoms with E-state index in [4.69, 9.17) is 0 Å². The maximum atomic E-state index is 12.3. The van der Waals surface area contributed by atoms with Gasteiger partial charge >= 0.3 is 0 Å². The molecule has 3 atom stereocenters. The van der Waals surface area contributed by atoms with Crippen molar-refractivity contribution >= 4 is 5.91 Å². The first kappa shape index (κ1) is 16.2. The van der Waals surface area contributed by atoms with Gasteiger partial charge in [-0.15, -0.1) is 5.10 Å². The molecule has 1 N–H and O–H groups in total. The highest BCUT2D eigenvalue weighted by molar-refractivity contribution is 5.92. The molecule has 2 fully saturated rings. The number of amides is 1. The van der Waals surface area contributed by atoms with Crippen molar-refractivity contribution < 1.29 is 4.79 Å². The number of hydrogen-bond acceptors (Lipinski definition) is 4. The average molecular weight is 336 g/mol. The van der Waals surface area contributed by atoms with Crippen LogP contribution in [0.1, 0.15) is 35.3 Å². The zero-order valence-corrected chi connectivity index (χ0v) is 14.3. The number of nitrogens with one attached hydrogen (secondary N) is 1. The van der Waals surface area contributed by atoms with Gasteiger partial charge in [0.25, 0.3) is 5.91 Å². The van der Waals surface area contributed by atoms with Crippen molar-refractivity contribution in [3.05, 3.63) is 59.9 Å². The average Bonchev–Trinajstić information content (AvgIpc) is 3.04. The van der Waals surface area contributed by atoms with E-state index in [1.807, 2.05) is 0 Å². The molecular weight excluding hydrogens is 312 g/mol. The number of carbonyl (C=O) groups is 1. The van der Waals surface area contributed by atoms with E-state index in [0.717, 1.165) is 31.8 Å². The molecule has 2 heterocycles. The largest absolute Gasteiger partial charge is 0.348 e. The first-order valence-electron chi connectivity index (χ1n) is 9.13. The molecule has 130 valence electrons. The number of rotatable bonds is 4. The van der Waals surface area contributed by atoms with Gasteiger partial charge in [0.05, 0.1) is 0 Å². The molecule has 1 aromatic heterocycles. The van der Waals surface area contributed by atoms with E-state index < -0.39 is 0 Å². The summed E-state index contributed by atoms with van der Waals surface area (Å²) in [6, 6.07) is 14.4. The normalized spacial score (nSPS) is 26.2. The molecule has 1 unspecified atom stereocenters. The van der Waals surface area contributed by atoms with Gasteiger partial charge in [-0.3, -0.25) is 9.69 Å². The smallest absolute Gasteiger partial charge is 0.272 e. The predicted octanol–water partition coefficient (Wildman–Crippen LogP) is 2.51. The minimum Gasteiger partial charge on any atom is -0.348 e. The van der Waals surface area contributed by atoms with Crippen LogP contribution in [0.25, 0.3) is 0 Å². The van der Waals surface area contributed by atoms with Crippen molar-refractivity contribution in [2.75, 3.05) is 13.1 Å². The molecule has 5 nitrogen and oxygen atoms in total. The van der Waals surface area contributed by atoms with Crippen LogP contribution >= 0.6 is 0 Å². The third-order valence-corrected chi connectivity index (χ3v) is 5.51. The third kappa shape index (κ3) is 3.87. The molecule has 1 saturated carbocycles. The second-order valence-corrected chi connectivity index (χ2v) is 7.29. The van der Waals surface area contributed by atoms with Gasteiger partial charge in [-0.05, 0) is 48.8 Å². The second-order valence-electron chi connectivity index (χ2n) is 7.29. The molecule has 25 heavy (non-hydrogen) atoms. The fourth-order valence-electron chi connectivity index (χ4n) is 4.31. The zero-order valence-electron chi connectivity index (χ0n) is 14.3. The Bertz CT molecular complexity index is 706. The summed E-state index contributed by atoms with van der Waals surface area (Å²) in [5.74, 6) is 1.36. The summed E-state index contributed by atoms with van der Waals surface area (Å²) in [7, 11) is 0. The molecule has 1 aliphatic heterocycles. The van der Waals surface area contributed by atoms with Crippen LogP contribution in [-0.4, -0.2) is 40.1 Å². The highest BCUT2D eigenvalue weighted by atomic mass is 16.2. The molecule has 1 aliphatic carbocycles. The van der Waals surface area contributed by atoms with Crippen LogP contribution in [0.4, 0.5) is 0 Å². The van der Waals surface area contributed by atoms with Crippen molar-refractivity contribution in [3.8, 4) is 0 Å². The topological polar surface area (TPSA) is 58.1 Å². The lowest BCUT2D eigenvalue weighted by Crippen LogP contribution is -2.41. The predicted molar refractivity (Wildman–Crippen MR) is 95.8 cm³/mol. The zero-order chi connectivity index (χ0) is 17.1. The van der Waals surface area contributed by atoms with Crippen LogP contribution in [0.5, 0.6) is 0 Å². The van der Waals surface area contributed by atoms with Crippen LogP contribution in [-0.2, 0) is 6.54 Å². The number of fused-ring (bicyclic) bond motifs is 1. The van der Waals surface area contributed by atoms with E-state index in [2.05, 4.69) is 50.7 Å². The molecule has 0 radical (unpaired) electrons. The van der Waals surface area contributed by atoms with Gasteiger partial charge in [0.1, 0.15) is 0 Å². The Kier molecular flexibility index (Phi) is 4.74. The molecule has 1 amide bonds. The van der Waals surface area contributed by atoms with Gasteiger partial charge < -0.3 is 5.32 Å². The molecule has 5 heteroatoms. The fourth-order valence-corrected chi connectivity index (χ4v) is 4.31. The minimum atomic E-state index is -0.101. The lowest BCUT2D eigenvalue weighted by Gasteiger charge is -2.31.